The summed E-state index contributed by atoms with van der Waals surface area (Å²) < 4.78 is 5.78. The zero-order valence-corrected chi connectivity index (χ0v) is 18.0. The molecular formula is C17H28Cl3N5O2. The molecule has 0 aliphatic carbocycles. The van der Waals surface area contributed by atoms with Gasteiger partial charge in [-0.25, -0.2) is 5.84 Å². The van der Waals surface area contributed by atoms with Gasteiger partial charge in [0.2, 0.25) is 0 Å². The third kappa shape index (κ3) is 9.41. The van der Waals surface area contributed by atoms with Crippen molar-refractivity contribution in [3.8, 4) is 17.0 Å². The van der Waals surface area contributed by atoms with Crippen molar-refractivity contribution in [3.05, 3.63) is 36.4 Å². The van der Waals surface area contributed by atoms with E-state index in [1.165, 1.54) is 0 Å². The fourth-order valence-corrected chi connectivity index (χ4v) is 2.03. The first-order valence-electron chi connectivity index (χ1n) is 7.84. The second-order valence-corrected chi connectivity index (χ2v) is 6.54. The van der Waals surface area contributed by atoms with Gasteiger partial charge in [-0.05, 0) is 45.0 Å². The van der Waals surface area contributed by atoms with Gasteiger partial charge in [0.1, 0.15) is 18.5 Å². The number of nitrogens with two attached hydrogens (primary N) is 1. The lowest BCUT2D eigenvalue weighted by Crippen LogP contribution is -2.42. The van der Waals surface area contributed by atoms with Crippen LogP contribution in [0.5, 0.6) is 5.75 Å². The highest BCUT2D eigenvalue weighted by atomic mass is 35.5. The van der Waals surface area contributed by atoms with Gasteiger partial charge >= 0.3 is 0 Å². The summed E-state index contributed by atoms with van der Waals surface area (Å²) in [5, 5.41) is 21.4. The number of benzene rings is 1. The standard InChI is InChI=1S/C17H25N5O2.3ClH/c1-17(2,3)19-10-12(23)11-24-15-7-5-4-6-13(15)14-8-9-16(20-18)22-21-14;;;/h4-9,12,19,23H,10-11,18H2,1-3H3,(H,20,22);3*1H. The number of nitrogens with zero attached hydrogens (tertiary/aromatic N) is 2. The minimum atomic E-state index is -0.604. The maximum atomic E-state index is 10.1. The first-order valence-corrected chi connectivity index (χ1v) is 7.84. The Hall–Kier alpha value is -1.35. The van der Waals surface area contributed by atoms with Crippen LogP contribution in [0.15, 0.2) is 36.4 Å². The topological polar surface area (TPSA) is 105 Å². The molecule has 1 unspecified atom stereocenters. The summed E-state index contributed by atoms with van der Waals surface area (Å²) in [5.74, 6) is 6.43. The van der Waals surface area contributed by atoms with Crippen molar-refractivity contribution < 1.29 is 9.84 Å². The van der Waals surface area contributed by atoms with E-state index in [-0.39, 0.29) is 49.4 Å². The van der Waals surface area contributed by atoms with Crippen molar-refractivity contribution in [1.82, 2.24) is 15.5 Å². The second-order valence-electron chi connectivity index (χ2n) is 6.54. The molecule has 0 bridgehead atoms. The Morgan fingerprint density at radius 1 is 1.07 bits per heavy atom. The Labute approximate surface area is 178 Å². The third-order valence-corrected chi connectivity index (χ3v) is 3.27. The van der Waals surface area contributed by atoms with Gasteiger partial charge in [0.05, 0.1) is 5.69 Å². The number of β-amino-alcohol motifs (C(OH)–C–C–N with tert-alkyl or cyclic N) is 1. The summed E-state index contributed by atoms with van der Waals surface area (Å²) in [7, 11) is 0. The number of aromatic nitrogens is 2. The van der Waals surface area contributed by atoms with Gasteiger partial charge in [-0.3, -0.25) is 0 Å². The monoisotopic (exact) mass is 439 g/mol. The van der Waals surface area contributed by atoms with Gasteiger partial charge in [0.25, 0.3) is 0 Å². The van der Waals surface area contributed by atoms with Crippen LogP contribution in [0.2, 0.25) is 0 Å². The molecule has 10 heteroatoms. The molecule has 1 aromatic heterocycles. The largest absolute Gasteiger partial charge is 0.490 e. The van der Waals surface area contributed by atoms with Crippen LogP contribution in [0.3, 0.4) is 0 Å². The maximum Gasteiger partial charge on any atom is 0.162 e. The van der Waals surface area contributed by atoms with Crippen LogP contribution < -0.4 is 21.3 Å². The van der Waals surface area contributed by atoms with Gasteiger partial charge in [-0.1, -0.05) is 12.1 Å². The Bertz CT molecular complexity index is 654. The van der Waals surface area contributed by atoms with E-state index in [1.54, 1.807) is 6.07 Å². The number of rotatable bonds is 7. The molecule has 0 spiro atoms. The van der Waals surface area contributed by atoms with E-state index in [0.717, 1.165) is 5.56 Å². The molecule has 0 aliphatic heterocycles. The minimum absolute atomic E-state index is 0. The average Bonchev–Trinajstić information content (AvgIpc) is 2.58. The van der Waals surface area contributed by atoms with Crippen molar-refractivity contribution in [1.29, 1.82) is 0 Å². The first kappa shape index (κ1) is 27.9. The summed E-state index contributed by atoms with van der Waals surface area (Å²) in [6, 6.07) is 11.1. The zero-order valence-electron chi connectivity index (χ0n) is 15.5. The predicted molar refractivity (Wildman–Crippen MR) is 116 cm³/mol. The van der Waals surface area contributed by atoms with E-state index in [4.69, 9.17) is 10.6 Å². The van der Waals surface area contributed by atoms with Crippen LogP contribution in [-0.2, 0) is 0 Å². The summed E-state index contributed by atoms with van der Waals surface area (Å²) in [6.45, 7) is 6.80. The molecular weight excluding hydrogens is 413 g/mol. The van der Waals surface area contributed by atoms with Crippen molar-refractivity contribution in [2.75, 3.05) is 18.6 Å². The smallest absolute Gasteiger partial charge is 0.162 e. The highest BCUT2D eigenvalue weighted by Gasteiger charge is 2.14. The van der Waals surface area contributed by atoms with Crippen molar-refractivity contribution in [2.45, 2.75) is 32.4 Å². The highest BCUT2D eigenvalue weighted by Crippen LogP contribution is 2.28. The van der Waals surface area contributed by atoms with Crippen LogP contribution in [0.1, 0.15) is 20.8 Å². The maximum absolute atomic E-state index is 10.1. The van der Waals surface area contributed by atoms with Crippen LogP contribution in [0.25, 0.3) is 11.3 Å². The number of hydrogen-bond acceptors (Lipinski definition) is 7. The molecule has 1 heterocycles. The molecule has 154 valence electrons. The molecule has 0 fully saturated rings. The van der Waals surface area contributed by atoms with Gasteiger partial charge in [0.15, 0.2) is 5.82 Å². The van der Waals surface area contributed by atoms with Gasteiger partial charge in [-0.2, -0.15) is 0 Å². The molecule has 2 aromatic rings. The number of hydrogen-bond donors (Lipinski definition) is 4. The Balaban J connectivity index is 0. The Morgan fingerprint density at radius 3 is 2.30 bits per heavy atom. The molecule has 1 atom stereocenters. The van der Waals surface area contributed by atoms with Gasteiger partial charge < -0.3 is 20.6 Å². The number of aliphatic hydroxyl groups excluding tert-OH is 1. The minimum Gasteiger partial charge on any atom is -0.490 e. The quantitative estimate of drug-likeness (QED) is 0.387. The lowest BCUT2D eigenvalue weighted by molar-refractivity contribution is 0.100. The SMILES string of the molecule is CC(C)(C)NCC(O)COc1ccccc1-c1ccc(NN)nn1.Cl.Cl.Cl. The second kappa shape index (κ2) is 12.9. The highest BCUT2D eigenvalue weighted by molar-refractivity contribution is 5.86. The fourth-order valence-electron chi connectivity index (χ4n) is 2.03. The van der Waals surface area contributed by atoms with Crippen molar-refractivity contribution in [3.63, 3.8) is 0 Å². The average molecular weight is 441 g/mol. The molecule has 0 radical (unpaired) electrons. The van der Waals surface area contributed by atoms with E-state index >= 15 is 0 Å². The number of nitrogens with one attached hydrogen (secondary N) is 2. The first-order chi connectivity index (χ1) is 11.4. The number of halogens is 3. The fraction of sp³-hybridized carbons (Fsp3) is 0.412. The van der Waals surface area contributed by atoms with Gasteiger partial charge in [-0.15, -0.1) is 47.4 Å². The number of ether oxygens (including phenoxy) is 1. The van der Waals surface area contributed by atoms with E-state index in [1.807, 2.05) is 30.3 Å². The van der Waals surface area contributed by atoms with E-state index in [0.29, 0.717) is 23.8 Å². The number of aliphatic hydroxyl groups is 1. The summed E-state index contributed by atoms with van der Waals surface area (Å²) in [5.41, 5.74) is 3.88. The molecule has 0 amide bonds. The zero-order chi connectivity index (χ0) is 17.6. The van der Waals surface area contributed by atoms with Crippen LogP contribution in [0.4, 0.5) is 5.82 Å². The van der Waals surface area contributed by atoms with Crippen molar-refractivity contribution >= 4 is 43.0 Å². The lowest BCUT2D eigenvalue weighted by atomic mass is 10.1. The number of para-hydroxylation sites is 1. The lowest BCUT2D eigenvalue weighted by Gasteiger charge is -2.23. The molecule has 27 heavy (non-hydrogen) atoms. The molecule has 5 N–H and O–H groups in total. The van der Waals surface area contributed by atoms with Gasteiger partial charge in [0, 0.05) is 17.6 Å². The van der Waals surface area contributed by atoms with Crippen molar-refractivity contribution in [2.24, 2.45) is 5.84 Å². The van der Waals surface area contributed by atoms with E-state index in [2.05, 4.69) is 41.7 Å². The normalized spacial score (nSPS) is 11.3. The predicted octanol–water partition coefficient (Wildman–Crippen LogP) is 2.82. The summed E-state index contributed by atoms with van der Waals surface area (Å²) in [6.07, 6.45) is -0.604. The molecule has 0 saturated heterocycles. The molecule has 1 aromatic carbocycles. The Kier molecular flexibility index (Phi) is 13.3. The van der Waals surface area contributed by atoms with Crippen LogP contribution >= 0.6 is 37.2 Å². The molecule has 0 aliphatic rings. The van der Waals surface area contributed by atoms with E-state index < -0.39 is 6.10 Å². The number of hydrazine groups is 1. The summed E-state index contributed by atoms with van der Waals surface area (Å²) >= 11 is 0. The summed E-state index contributed by atoms with van der Waals surface area (Å²) in [4.78, 5) is 0. The van der Waals surface area contributed by atoms with Crippen LogP contribution in [-0.4, -0.2) is 40.1 Å². The third-order valence-electron chi connectivity index (χ3n) is 3.27. The molecule has 2 rings (SSSR count). The molecule has 7 nitrogen and oxygen atoms in total. The number of anilines is 1. The molecule has 0 saturated carbocycles. The Morgan fingerprint density at radius 2 is 1.74 bits per heavy atom. The number of nitrogen functional groups attached to an aromatic ring is 1. The van der Waals surface area contributed by atoms with E-state index in [9.17, 15) is 5.11 Å². The van der Waals surface area contributed by atoms with Crippen LogP contribution in [0, 0.1) is 0 Å².